The van der Waals surface area contributed by atoms with E-state index in [1.54, 1.807) is 10.7 Å². The molecule has 6 nitrogen and oxygen atoms in total. The number of nitrogens with one attached hydrogen (secondary N) is 1. The van der Waals surface area contributed by atoms with Gasteiger partial charge < -0.3 is 5.32 Å². The number of nitrogens with zero attached hydrogens (tertiary/aromatic N) is 4. The first-order valence-electron chi connectivity index (χ1n) is 7.07. The van der Waals surface area contributed by atoms with Crippen molar-refractivity contribution in [3.63, 3.8) is 0 Å². The van der Waals surface area contributed by atoms with Gasteiger partial charge >= 0.3 is 0 Å². The van der Waals surface area contributed by atoms with Gasteiger partial charge in [-0.1, -0.05) is 6.07 Å². The van der Waals surface area contributed by atoms with Crippen LogP contribution in [0.1, 0.15) is 33.0 Å². The van der Waals surface area contributed by atoms with E-state index in [9.17, 15) is 4.79 Å². The third kappa shape index (κ3) is 2.67. The third-order valence-corrected chi connectivity index (χ3v) is 3.59. The van der Waals surface area contributed by atoms with Crippen LogP contribution in [0.15, 0.2) is 30.6 Å². The second-order valence-corrected chi connectivity index (χ2v) is 5.28. The fourth-order valence-electron chi connectivity index (χ4n) is 2.17. The van der Waals surface area contributed by atoms with Gasteiger partial charge in [0.25, 0.3) is 5.91 Å². The molecule has 0 aliphatic rings. The summed E-state index contributed by atoms with van der Waals surface area (Å²) < 4.78 is 1.59. The van der Waals surface area contributed by atoms with E-state index in [0.717, 1.165) is 22.6 Å². The van der Waals surface area contributed by atoms with E-state index in [2.05, 4.69) is 20.4 Å². The molecule has 0 saturated carbocycles. The van der Waals surface area contributed by atoms with Crippen LogP contribution in [0.5, 0.6) is 0 Å². The van der Waals surface area contributed by atoms with Crippen LogP contribution in [0, 0.1) is 20.8 Å². The lowest BCUT2D eigenvalue weighted by atomic mass is 10.2. The fraction of sp³-hybridized carbons (Fsp3) is 0.250. The van der Waals surface area contributed by atoms with E-state index >= 15 is 0 Å². The summed E-state index contributed by atoms with van der Waals surface area (Å²) in [5, 5.41) is 7.00. The molecule has 0 unspecified atom stereocenters. The molecule has 0 aliphatic heterocycles. The normalized spacial score (nSPS) is 10.9. The molecule has 0 atom stereocenters. The topological polar surface area (TPSA) is 72.2 Å². The number of hydrogen-bond donors (Lipinski definition) is 1. The largest absolute Gasteiger partial charge is 0.346 e. The van der Waals surface area contributed by atoms with Gasteiger partial charge in [0.05, 0.1) is 18.4 Å². The van der Waals surface area contributed by atoms with E-state index in [-0.39, 0.29) is 5.91 Å². The van der Waals surface area contributed by atoms with Crippen LogP contribution in [0.4, 0.5) is 0 Å². The van der Waals surface area contributed by atoms with E-state index in [1.165, 1.54) is 6.20 Å². The maximum atomic E-state index is 12.3. The van der Waals surface area contributed by atoms with Crippen LogP contribution in [0.3, 0.4) is 0 Å². The Morgan fingerprint density at radius 1 is 1.18 bits per heavy atom. The number of carbonyl (C=O) groups excluding carboxylic acids is 1. The molecule has 0 spiro atoms. The van der Waals surface area contributed by atoms with Crippen LogP contribution in [0.2, 0.25) is 0 Å². The van der Waals surface area contributed by atoms with Gasteiger partial charge in [0.1, 0.15) is 5.56 Å². The smallest absolute Gasteiger partial charge is 0.257 e. The average Bonchev–Trinajstić information content (AvgIpc) is 2.91. The maximum absolute atomic E-state index is 12.3. The fourth-order valence-corrected chi connectivity index (χ4v) is 2.17. The molecular formula is C16H17N5O. The van der Waals surface area contributed by atoms with Crippen molar-refractivity contribution in [2.24, 2.45) is 0 Å². The SMILES string of the molecule is Cc1ccn2ncc(C(=O)NCc3ccc(C)c(C)n3)c2n1. The van der Waals surface area contributed by atoms with Crippen LogP contribution >= 0.6 is 0 Å². The Hall–Kier alpha value is -2.76. The molecule has 0 bridgehead atoms. The van der Waals surface area contributed by atoms with Crippen LogP contribution in [0.25, 0.3) is 5.65 Å². The van der Waals surface area contributed by atoms with Crippen molar-refractivity contribution < 1.29 is 4.79 Å². The molecule has 22 heavy (non-hydrogen) atoms. The zero-order valence-electron chi connectivity index (χ0n) is 12.8. The Balaban J connectivity index is 1.78. The first-order chi connectivity index (χ1) is 10.5. The Bertz CT molecular complexity index is 853. The first kappa shape index (κ1) is 14.2. The minimum atomic E-state index is -0.201. The van der Waals surface area contributed by atoms with E-state index in [0.29, 0.717) is 17.8 Å². The lowest BCUT2D eigenvalue weighted by Crippen LogP contribution is -2.23. The number of amides is 1. The first-order valence-corrected chi connectivity index (χ1v) is 7.07. The molecule has 0 aromatic carbocycles. The van der Waals surface area contributed by atoms with E-state index in [4.69, 9.17) is 0 Å². The number of rotatable bonds is 3. The van der Waals surface area contributed by atoms with Gasteiger partial charge in [0, 0.05) is 17.6 Å². The number of hydrogen-bond acceptors (Lipinski definition) is 4. The summed E-state index contributed by atoms with van der Waals surface area (Å²) >= 11 is 0. The summed E-state index contributed by atoms with van der Waals surface area (Å²) in [5.41, 5.74) is 4.81. The number of fused-ring (bicyclic) bond motifs is 1. The predicted molar refractivity (Wildman–Crippen MR) is 82.6 cm³/mol. The molecular weight excluding hydrogens is 278 g/mol. The summed E-state index contributed by atoms with van der Waals surface area (Å²) in [6, 6.07) is 5.77. The number of carbonyl (C=O) groups is 1. The van der Waals surface area contributed by atoms with Crippen LogP contribution < -0.4 is 5.32 Å². The zero-order valence-corrected chi connectivity index (χ0v) is 12.8. The van der Waals surface area contributed by atoms with Gasteiger partial charge in [-0.2, -0.15) is 5.10 Å². The quantitative estimate of drug-likeness (QED) is 0.802. The molecule has 6 heteroatoms. The summed E-state index contributed by atoms with van der Waals surface area (Å²) in [7, 11) is 0. The molecule has 0 saturated heterocycles. The standard InChI is InChI=1S/C16H17N5O/c1-10-4-5-13(20-12(10)3)8-17-16(22)14-9-18-21-7-6-11(2)19-15(14)21/h4-7,9H,8H2,1-3H3,(H,17,22). The van der Waals surface area contributed by atoms with E-state index in [1.807, 2.05) is 39.0 Å². The minimum Gasteiger partial charge on any atom is -0.346 e. The highest BCUT2D eigenvalue weighted by atomic mass is 16.1. The van der Waals surface area contributed by atoms with Gasteiger partial charge in [-0.3, -0.25) is 9.78 Å². The molecule has 112 valence electrons. The van der Waals surface area contributed by atoms with Crippen molar-refractivity contribution in [1.29, 1.82) is 0 Å². The predicted octanol–water partition coefficient (Wildman–Crippen LogP) is 1.98. The highest BCUT2D eigenvalue weighted by Crippen LogP contribution is 2.09. The summed E-state index contributed by atoms with van der Waals surface area (Å²) in [6.07, 6.45) is 3.32. The molecule has 0 fully saturated rings. The average molecular weight is 295 g/mol. The van der Waals surface area contributed by atoms with Gasteiger partial charge in [0.15, 0.2) is 5.65 Å². The third-order valence-electron chi connectivity index (χ3n) is 3.59. The molecule has 1 N–H and O–H groups in total. The van der Waals surface area contributed by atoms with Crippen molar-refractivity contribution in [2.75, 3.05) is 0 Å². The Labute approximate surface area is 128 Å². The van der Waals surface area contributed by atoms with Crippen molar-refractivity contribution in [2.45, 2.75) is 27.3 Å². The molecule has 3 rings (SSSR count). The van der Waals surface area contributed by atoms with Crippen molar-refractivity contribution in [1.82, 2.24) is 24.9 Å². The maximum Gasteiger partial charge on any atom is 0.257 e. The minimum absolute atomic E-state index is 0.201. The van der Waals surface area contributed by atoms with E-state index < -0.39 is 0 Å². The molecule has 3 heterocycles. The monoisotopic (exact) mass is 295 g/mol. The summed E-state index contributed by atoms with van der Waals surface area (Å²) in [5.74, 6) is -0.201. The van der Waals surface area contributed by atoms with Crippen LogP contribution in [-0.4, -0.2) is 25.5 Å². The second-order valence-electron chi connectivity index (χ2n) is 5.28. The Morgan fingerprint density at radius 2 is 2.00 bits per heavy atom. The lowest BCUT2D eigenvalue weighted by molar-refractivity contribution is 0.0952. The van der Waals surface area contributed by atoms with Gasteiger partial charge in [-0.25, -0.2) is 9.50 Å². The Morgan fingerprint density at radius 3 is 2.77 bits per heavy atom. The zero-order chi connectivity index (χ0) is 15.7. The number of aryl methyl sites for hydroxylation is 3. The van der Waals surface area contributed by atoms with Crippen LogP contribution in [-0.2, 0) is 6.54 Å². The summed E-state index contributed by atoms with van der Waals surface area (Å²) in [6.45, 7) is 6.23. The van der Waals surface area contributed by atoms with Crippen molar-refractivity contribution in [3.05, 3.63) is 58.8 Å². The second kappa shape index (κ2) is 5.55. The lowest BCUT2D eigenvalue weighted by Gasteiger charge is -2.06. The number of aromatic nitrogens is 4. The molecule has 1 amide bonds. The number of pyridine rings is 1. The molecule has 3 aromatic heterocycles. The molecule has 3 aromatic rings. The highest BCUT2D eigenvalue weighted by molar-refractivity contribution is 5.99. The van der Waals surface area contributed by atoms with Crippen molar-refractivity contribution >= 4 is 11.6 Å². The molecule has 0 radical (unpaired) electrons. The van der Waals surface area contributed by atoms with Gasteiger partial charge in [0.2, 0.25) is 0 Å². The summed E-state index contributed by atoms with van der Waals surface area (Å²) in [4.78, 5) is 21.1. The highest BCUT2D eigenvalue weighted by Gasteiger charge is 2.14. The Kier molecular flexibility index (Phi) is 3.58. The van der Waals surface area contributed by atoms with Crippen molar-refractivity contribution in [3.8, 4) is 0 Å². The van der Waals surface area contributed by atoms with Gasteiger partial charge in [-0.05, 0) is 38.5 Å². The van der Waals surface area contributed by atoms with Gasteiger partial charge in [-0.15, -0.1) is 0 Å². The molecule has 0 aliphatic carbocycles.